The average molecular weight is 356 g/mol. The molecule has 25 heavy (non-hydrogen) atoms. The minimum atomic E-state index is -0.0937. The van der Waals surface area contributed by atoms with Gasteiger partial charge < -0.3 is 10.5 Å². The Hall–Kier alpha value is -0.570. The lowest BCUT2D eigenvalue weighted by Crippen LogP contribution is -2.25. The van der Waals surface area contributed by atoms with Crippen molar-refractivity contribution in [2.24, 2.45) is 5.73 Å². The van der Waals surface area contributed by atoms with Crippen molar-refractivity contribution in [3.63, 3.8) is 0 Å². The molecule has 0 saturated carbocycles. The first kappa shape index (κ1) is 24.4. The van der Waals surface area contributed by atoms with E-state index in [2.05, 4.69) is 6.92 Å². The molecule has 0 spiro atoms. The zero-order valence-electron chi connectivity index (χ0n) is 17.2. The summed E-state index contributed by atoms with van der Waals surface area (Å²) in [6.07, 6.45) is 21.4. The number of hydrogen-bond acceptors (Lipinski definition) is 3. The van der Waals surface area contributed by atoms with Crippen LogP contribution in [0.2, 0.25) is 0 Å². The molecule has 0 aromatic carbocycles. The normalized spacial score (nSPS) is 12.3. The fraction of sp³-hybridized carbons (Fsp3) is 0.955. The molecule has 0 aromatic rings. The van der Waals surface area contributed by atoms with Gasteiger partial charge >= 0.3 is 5.97 Å². The maximum atomic E-state index is 11.6. The summed E-state index contributed by atoms with van der Waals surface area (Å²) in [5.74, 6) is -0.0769. The van der Waals surface area contributed by atoms with E-state index < -0.39 is 0 Å². The van der Waals surface area contributed by atoms with Crippen molar-refractivity contribution < 1.29 is 9.53 Å². The second kappa shape index (κ2) is 19.8. The van der Waals surface area contributed by atoms with Crippen molar-refractivity contribution in [2.75, 3.05) is 6.54 Å². The predicted molar refractivity (Wildman–Crippen MR) is 109 cm³/mol. The SMILES string of the molecule is CCCCCCCCCCCCCCCCCC(=O)OC(CC)CN. The van der Waals surface area contributed by atoms with Crippen molar-refractivity contribution in [3.8, 4) is 0 Å². The molecule has 0 aliphatic rings. The smallest absolute Gasteiger partial charge is 0.306 e. The van der Waals surface area contributed by atoms with E-state index in [0.29, 0.717) is 13.0 Å². The Morgan fingerprint density at radius 3 is 1.48 bits per heavy atom. The Morgan fingerprint density at radius 1 is 0.720 bits per heavy atom. The standard InChI is InChI=1S/C22H45NO2/c1-3-5-6-7-8-9-10-11-12-13-14-15-16-17-18-19-22(24)25-21(4-2)20-23/h21H,3-20,23H2,1-2H3. The number of unbranched alkanes of at least 4 members (excludes halogenated alkanes) is 14. The Bertz CT molecular complexity index is 277. The summed E-state index contributed by atoms with van der Waals surface area (Å²) in [6, 6.07) is 0. The molecular formula is C22H45NO2. The highest BCUT2D eigenvalue weighted by Crippen LogP contribution is 2.14. The fourth-order valence-electron chi connectivity index (χ4n) is 3.18. The fourth-order valence-corrected chi connectivity index (χ4v) is 3.18. The number of rotatable bonds is 19. The van der Waals surface area contributed by atoms with Gasteiger partial charge in [0, 0.05) is 13.0 Å². The summed E-state index contributed by atoms with van der Waals surface area (Å²) in [6.45, 7) is 4.71. The van der Waals surface area contributed by atoms with Crippen LogP contribution in [0.1, 0.15) is 123 Å². The molecular weight excluding hydrogens is 310 g/mol. The minimum absolute atomic E-state index is 0.0769. The summed E-state index contributed by atoms with van der Waals surface area (Å²) in [7, 11) is 0. The number of carbonyl (C=O) groups is 1. The third-order valence-corrected chi connectivity index (χ3v) is 5.00. The molecule has 0 aromatic heterocycles. The highest BCUT2D eigenvalue weighted by Gasteiger charge is 2.09. The van der Waals surface area contributed by atoms with Crippen molar-refractivity contribution >= 4 is 5.97 Å². The lowest BCUT2D eigenvalue weighted by Gasteiger charge is -2.13. The number of hydrogen-bond donors (Lipinski definition) is 1. The summed E-state index contributed by atoms with van der Waals surface area (Å²) >= 11 is 0. The first-order valence-corrected chi connectivity index (χ1v) is 11.1. The Morgan fingerprint density at radius 2 is 1.12 bits per heavy atom. The molecule has 3 nitrogen and oxygen atoms in total. The molecule has 0 aliphatic carbocycles. The number of esters is 1. The van der Waals surface area contributed by atoms with Gasteiger partial charge in [0.25, 0.3) is 0 Å². The van der Waals surface area contributed by atoms with Gasteiger partial charge in [-0.15, -0.1) is 0 Å². The molecule has 0 bridgehead atoms. The van der Waals surface area contributed by atoms with Crippen LogP contribution in [0.15, 0.2) is 0 Å². The lowest BCUT2D eigenvalue weighted by molar-refractivity contribution is -0.148. The van der Waals surface area contributed by atoms with Crippen LogP contribution in [0.25, 0.3) is 0 Å². The van der Waals surface area contributed by atoms with Crippen molar-refractivity contribution in [2.45, 2.75) is 129 Å². The second-order valence-corrected chi connectivity index (χ2v) is 7.46. The molecule has 0 heterocycles. The lowest BCUT2D eigenvalue weighted by atomic mass is 10.0. The molecule has 2 N–H and O–H groups in total. The summed E-state index contributed by atoms with van der Waals surface area (Å²) in [5, 5.41) is 0. The molecule has 1 unspecified atom stereocenters. The van der Waals surface area contributed by atoms with Gasteiger partial charge in [-0.25, -0.2) is 0 Å². The van der Waals surface area contributed by atoms with Gasteiger partial charge in [-0.3, -0.25) is 4.79 Å². The highest BCUT2D eigenvalue weighted by atomic mass is 16.5. The van der Waals surface area contributed by atoms with Gasteiger partial charge in [0.05, 0.1) is 0 Å². The summed E-state index contributed by atoms with van der Waals surface area (Å²) < 4.78 is 5.30. The van der Waals surface area contributed by atoms with Crippen LogP contribution in [0.3, 0.4) is 0 Å². The molecule has 0 aliphatic heterocycles. The number of carbonyl (C=O) groups excluding carboxylic acids is 1. The zero-order chi connectivity index (χ0) is 18.6. The van der Waals surface area contributed by atoms with Crippen LogP contribution >= 0.6 is 0 Å². The predicted octanol–water partition coefficient (Wildman–Crippen LogP) is 6.53. The topological polar surface area (TPSA) is 52.3 Å². The molecule has 0 saturated heterocycles. The molecule has 3 heteroatoms. The average Bonchev–Trinajstić information content (AvgIpc) is 2.62. The minimum Gasteiger partial charge on any atom is -0.461 e. The summed E-state index contributed by atoms with van der Waals surface area (Å²) in [4.78, 5) is 11.6. The monoisotopic (exact) mass is 355 g/mol. The van der Waals surface area contributed by atoms with Gasteiger partial charge in [0.1, 0.15) is 6.10 Å². The molecule has 0 rings (SSSR count). The maximum Gasteiger partial charge on any atom is 0.306 e. The maximum absolute atomic E-state index is 11.6. The van der Waals surface area contributed by atoms with E-state index in [4.69, 9.17) is 10.5 Å². The van der Waals surface area contributed by atoms with Gasteiger partial charge in [0.15, 0.2) is 0 Å². The van der Waals surface area contributed by atoms with E-state index in [1.54, 1.807) is 0 Å². The zero-order valence-corrected chi connectivity index (χ0v) is 17.2. The van der Waals surface area contributed by atoms with Crippen LogP contribution in [0, 0.1) is 0 Å². The Labute approximate surface area is 157 Å². The van der Waals surface area contributed by atoms with E-state index >= 15 is 0 Å². The van der Waals surface area contributed by atoms with Crippen molar-refractivity contribution in [1.29, 1.82) is 0 Å². The van der Waals surface area contributed by atoms with Crippen molar-refractivity contribution in [3.05, 3.63) is 0 Å². The Balaban J connectivity index is 3.17. The molecule has 0 amide bonds. The van der Waals surface area contributed by atoms with E-state index in [9.17, 15) is 4.79 Å². The van der Waals surface area contributed by atoms with Gasteiger partial charge in [-0.1, -0.05) is 104 Å². The summed E-state index contributed by atoms with van der Waals surface area (Å²) in [5.41, 5.74) is 5.54. The third kappa shape index (κ3) is 18.0. The largest absolute Gasteiger partial charge is 0.461 e. The van der Waals surface area contributed by atoms with E-state index in [1.807, 2.05) is 6.92 Å². The van der Waals surface area contributed by atoms with E-state index in [-0.39, 0.29) is 12.1 Å². The molecule has 0 fully saturated rings. The third-order valence-electron chi connectivity index (χ3n) is 5.00. The van der Waals surface area contributed by atoms with Crippen LogP contribution in [-0.4, -0.2) is 18.6 Å². The van der Waals surface area contributed by atoms with Crippen LogP contribution in [0.4, 0.5) is 0 Å². The van der Waals surface area contributed by atoms with Crippen molar-refractivity contribution in [1.82, 2.24) is 0 Å². The Kier molecular flexibility index (Phi) is 19.3. The number of nitrogens with two attached hydrogens (primary N) is 1. The number of ether oxygens (including phenoxy) is 1. The molecule has 1 atom stereocenters. The van der Waals surface area contributed by atoms with E-state index in [1.165, 1.54) is 83.5 Å². The van der Waals surface area contributed by atoms with Gasteiger partial charge in [-0.2, -0.15) is 0 Å². The highest BCUT2D eigenvalue weighted by molar-refractivity contribution is 5.69. The first-order chi connectivity index (χ1) is 12.2. The molecule has 150 valence electrons. The second-order valence-electron chi connectivity index (χ2n) is 7.46. The van der Waals surface area contributed by atoms with Crippen LogP contribution in [-0.2, 0) is 9.53 Å². The first-order valence-electron chi connectivity index (χ1n) is 11.1. The van der Waals surface area contributed by atoms with E-state index in [0.717, 1.165) is 19.3 Å². The van der Waals surface area contributed by atoms with Gasteiger partial charge in [-0.05, 0) is 12.8 Å². The quantitative estimate of drug-likeness (QED) is 0.212. The van der Waals surface area contributed by atoms with Crippen LogP contribution in [0.5, 0.6) is 0 Å². The molecule has 0 radical (unpaired) electrons. The van der Waals surface area contributed by atoms with Crippen LogP contribution < -0.4 is 5.73 Å². The van der Waals surface area contributed by atoms with Gasteiger partial charge in [0.2, 0.25) is 0 Å².